The zero-order chi connectivity index (χ0) is 22.0. The standard InChI is InChI=1S/C23H30N2O5/c1-23(2,3)30-22(26)24-21(19-13-8-5-9-14-19)20(25(27)28)15-10-16-29-17-18-11-6-4-7-12-18/h4-9,11-14,20-21H,10,15-17H2,1-3H3,(H,24,26)/t20-,21+/m0/s1. The van der Waals surface area contributed by atoms with Crippen molar-refractivity contribution in [3.05, 3.63) is 81.9 Å². The number of nitro groups is 1. The Morgan fingerprint density at radius 1 is 1.07 bits per heavy atom. The van der Waals surface area contributed by atoms with Crippen molar-refractivity contribution in [3.63, 3.8) is 0 Å². The first-order chi connectivity index (χ1) is 14.3. The van der Waals surface area contributed by atoms with E-state index in [0.29, 0.717) is 25.2 Å². The Hall–Kier alpha value is -2.93. The van der Waals surface area contributed by atoms with Crippen LogP contribution in [0.3, 0.4) is 0 Å². The lowest BCUT2D eigenvalue weighted by molar-refractivity contribution is -0.529. The zero-order valence-corrected chi connectivity index (χ0v) is 17.7. The van der Waals surface area contributed by atoms with Gasteiger partial charge < -0.3 is 14.8 Å². The number of hydrogen-bond acceptors (Lipinski definition) is 5. The van der Waals surface area contributed by atoms with Gasteiger partial charge in [-0.25, -0.2) is 4.79 Å². The highest BCUT2D eigenvalue weighted by Gasteiger charge is 2.34. The molecule has 0 spiro atoms. The highest BCUT2D eigenvalue weighted by molar-refractivity contribution is 5.68. The van der Waals surface area contributed by atoms with Gasteiger partial charge >= 0.3 is 6.09 Å². The molecule has 2 aromatic carbocycles. The first-order valence-corrected chi connectivity index (χ1v) is 10.1. The SMILES string of the molecule is CC(C)(C)OC(=O)N[C@H](c1ccccc1)[C@H](CCCOCc1ccccc1)[N+](=O)[O-]. The molecule has 0 radical (unpaired) electrons. The molecule has 30 heavy (non-hydrogen) atoms. The first-order valence-electron chi connectivity index (χ1n) is 10.1. The summed E-state index contributed by atoms with van der Waals surface area (Å²) in [5, 5.41) is 14.5. The smallest absolute Gasteiger partial charge is 0.408 e. The number of carbonyl (C=O) groups is 1. The minimum atomic E-state index is -1.000. The Kier molecular flexibility index (Phi) is 8.80. The van der Waals surface area contributed by atoms with Crippen LogP contribution in [0.1, 0.15) is 50.8 Å². The number of hydrogen-bond donors (Lipinski definition) is 1. The van der Waals surface area contributed by atoms with E-state index in [0.717, 1.165) is 5.56 Å². The van der Waals surface area contributed by atoms with Crippen LogP contribution in [0.15, 0.2) is 60.7 Å². The third-order valence-corrected chi connectivity index (χ3v) is 4.39. The van der Waals surface area contributed by atoms with Crippen molar-refractivity contribution in [1.82, 2.24) is 5.32 Å². The number of nitrogens with zero attached hydrogens (tertiary/aromatic N) is 1. The van der Waals surface area contributed by atoms with E-state index in [1.807, 2.05) is 36.4 Å². The molecule has 2 atom stereocenters. The fraction of sp³-hybridized carbons (Fsp3) is 0.435. The summed E-state index contributed by atoms with van der Waals surface area (Å²) in [4.78, 5) is 23.8. The van der Waals surface area contributed by atoms with Crippen LogP contribution in [0.25, 0.3) is 0 Å². The van der Waals surface area contributed by atoms with Crippen molar-refractivity contribution < 1.29 is 19.2 Å². The average molecular weight is 415 g/mol. The quantitative estimate of drug-likeness (QED) is 0.339. The molecule has 2 aromatic rings. The minimum Gasteiger partial charge on any atom is -0.444 e. The second kappa shape index (κ2) is 11.3. The maximum absolute atomic E-state index is 12.3. The summed E-state index contributed by atoms with van der Waals surface area (Å²) < 4.78 is 11.0. The minimum absolute atomic E-state index is 0.261. The predicted octanol–water partition coefficient (Wildman–Crippen LogP) is 4.89. The van der Waals surface area contributed by atoms with E-state index in [9.17, 15) is 14.9 Å². The molecule has 0 aliphatic heterocycles. The van der Waals surface area contributed by atoms with Gasteiger partial charge in [0.2, 0.25) is 6.04 Å². The Balaban J connectivity index is 2.00. The van der Waals surface area contributed by atoms with Crippen LogP contribution in [-0.2, 0) is 16.1 Å². The molecule has 2 rings (SSSR count). The second-order valence-electron chi connectivity index (χ2n) is 8.07. The maximum Gasteiger partial charge on any atom is 0.408 e. The Bertz CT molecular complexity index is 790. The number of ether oxygens (including phenoxy) is 2. The van der Waals surface area contributed by atoms with Crippen molar-refractivity contribution in [3.8, 4) is 0 Å². The van der Waals surface area contributed by atoms with Gasteiger partial charge in [-0.1, -0.05) is 60.7 Å². The molecule has 0 saturated carbocycles. The van der Waals surface area contributed by atoms with E-state index < -0.39 is 23.8 Å². The van der Waals surface area contributed by atoms with Crippen molar-refractivity contribution in [2.75, 3.05) is 6.61 Å². The van der Waals surface area contributed by atoms with Crippen LogP contribution >= 0.6 is 0 Å². The first kappa shape index (κ1) is 23.3. The van der Waals surface area contributed by atoms with Crippen molar-refractivity contribution >= 4 is 6.09 Å². The molecule has 0 aliphatic carbocycles. The van der Waals surface area contributed by atoms with Crippen LogP contribution in [0.2, 0.25) is 0 Å². The van der Waals surface area contributed by atoms with Gasteiger partial charge in [-0.3, -0.25) is 10.1 Å². The summed E-state index contributed by atoms with van der Waals surface area (Å²) in [6, 6.07) is 16.9. The van der Waals surface area contributed by atoms with Crippen molar-refractivity contribution in [2.24, 2.45) is 0 Å². The zero-order valence-electron chi connectivity index (χ0n) is 17.7. The average Bonchev–Trinajstić information content (AvgIpc) is 2.69. The second-order valence-corrected chi connectivity index (χ2v) is 8.07. The van der Waals surface area contributed by atoms with Crippen LogP contribution in [0.5, 0.6) is 0 Å². The number of rotatable bonds is 10. The maximum atomic E-state index is 12.3. The number of amides is 1. The summed E-state index contributed by atoms with van der Waals surface area (Å²) in [5.74, 6) is 0. The van der Waals surface area contributed by atoms with E-state index in [2.05, 4.69) is 5.32 Å². The van der Waals surface area contributed by atoms with Gasteiger partial charge in [-0.2, -0.15) is 0 Å². The molecular formula is C23H30N2O5. The Morgan fingerprint density at radius 2 is 1.67 bits per heavy atom. The van der Waals surface area contributed by atoms with Gasteiger partial charge in [0.1, 0.15) is 11.6 Å². The molecule has 7 heteroatoms. The lowest BCUT2D eigenvalue weighted by Crippen LogP contribution is -2.42. The molecule has 0 saturated heterocycles. The highest BCUT2D eigenvalue weighted by Crippen LogP contribution is 2.23. The normalized spacial score (nSPS) is 13.3. The van der Waals surface area contributed by atoms with E-state index in [-0.39, 0.29) is 11.3 Å². The fourth-order valence-electron chi connectivity index (χ4n) is 3.05. The molecule has 1 amide bonds. The molecule has 0 aromatic heterocycles. The van der Waals surface area contributed by atoms with Crippen molar-refractivity contribution in [2.45, 2.75) is 57.9 Å². The summed E-state index contributed by atoms with van der Waals surface area (Å²) in [5.41, 5.74) is 1.02. The largest absolute Gasteiger partial charge is 0.444 e. The van der Waals surface area contributed by atoms with E-state index >= 15 is 0 Å². The van der Waals surface area contributed by atoms with Gasteiger partial charge in [0.25, 0.3) is 0 Å². The third-order valence-electron chi connectivity index (χ3n) is 4.39. The molecule has 0 unspecified atom stereocenters. The Morgan fingerprint density at radius 3 is 2.23 bits per heavy atom. The number of alkyl carbamates (subject to hydrolysis) is 1. The third kappa shape index (κ3) is 8.21. The van der Waals surface area contributed by atoms with E-state index in [4.69, 9.17) is 9.47 Å². The van der Waals surface area contributed by atoms with Gasteiger partial charge in [0.15, 0.2) is 0 Å². The monoisotopic (exact) mass is 414 g/mol. The fourth-order valence-corrected chi connectivity index (χ4v) is 3.05. The van der Waals surface area contributed by atoms with Gasteiger partial charge in [-0.15, -0.1) is 0 Å². The number of carbonyl (C=O) groups excluding carboxylic acids is 1. The number of nitrogens with one attached hydrogen (secondary N) is 1. The van der Waals surface area contributed by atoms with Crippen LogP contribution in [-0.4, -0.2) is 29.3 Å². The summed E-state index contributed by atoms with van der Waals surface area (Å²) >= 11 is 0. The van der Waals surface area contributed by atoms with Gasteiger partial charge in [0, 0.05) is 18.0 Å². The Labute approximate surface area is 177 Å². The van der Waals surface area contributed by atoms with Crippen LogP contribution < -0.4 is 5.32 Å². The van der Waals surface area contributed by atoms with Gasteiger partial charge in [0.05, 0.1) is 6.61 Å². The summed E-state index contributed by atoms with van der Waals surface area (Å²) in [6.45, 7) is 6.10. The molecule has 0 fully saturated rings. The van der Waals surface area contributed by atoms with Crippen LogP contribution in [0.4, 0.5) is 4.79 Å². The van der Waals surface area contributed by atoms with Crippen LogP contribution in [0, 0.1) is 10.1 Å². The van der Waals surface area contributed by atoms with E-state index in [1.54, 1.807) is 45.0 Å². The van der Waals surface area contributed by atoms with E-state index in [1.165, 1.54) is 0 Å². The topological polar surface area (TPSA) is 90.7 Å². The lowest BCUT2D eigenvalue weighted by atomic mass is 9.96. The molecular weight excluding hydrogens is 384 g/mol. The summed E-state index contributed by atoms with van der Waals surface area (Å²) in [7, 11) is 0. The number of benzene rings is 2. The molecule has 1 N–H and O–H groups in total. The lowest BCUT2D eigenvalue weighted by Gasteiger charge is -2.25. The molecule has 0 aliphatic rings. The molecule has 162 valence electrons. The molecule has 0 bridgehead atoms. The predicted molar refractivity (Wildman–Crippen MR) is 115 cm³/mol. The molecule has 7 nitrogen and oxygen atoms in total. The molecule has 0 heterocycles. The summed E-state index contributed by atoms with van der Waals surface area (Å²) in [6.07, 6.45) is 0.0816. The highest BCUT2D eigenvalue weighted by atomic mass is 16.6. The van der Waals surface area contributed by atoms with Crippen molar-refractivity contribution in [1.29, 1.82) is 0 Å². The van der Waals surface area contributed by atoms with Gasteiger partial charge in [-0.05, 0) is 38.3 Å².